The minimum atomic E-state index is -10.7. The van der Waals surface area contributed by atoms with Crippen LogP contribution in [0.15, 0.2) is 54.6 Å². The summed E-state index contributed by atoms with van der Waals surface area (Å²) in [5.41, 5.74) is 0. The van der Waals surface area contributed by atoms with E-state index in [-0.39, 0.29) is 0 Å². The topological polar surface area (TPSA) is 0 Å². The molecule has 114 valence electrons. The van der Waals surface area contributed by atoms with Crippen LogP contribution in [0, 0.1) is 0 Å². The molecular formula is C13H9F6PSe. The summed E-state index contributed by atoms with van der Waals surface area (Å²) in [5.74, 6) is 0. The van der Waals surface area contributed by atoms with Gasteiger partial charge in [0.2, 0.25) is 0 Å². The van der Waals surface area contributed by atoms with Gasteiger partial charge in [-0.1, -0.05) is 0 Å². The predicted octanol–water partition coefficient (Wildman–Crippen LogP) is 6.71. The zero-order valence-corrected chi connectivity index (χ0v) is 12.9. The van der Waals surface area contributed by atoms with E-state index >= 15 is 0 Å². The van der Waals surface area contributed by atoms with Gasteiger partial charge < -0.3 is 0 Å². The molecule has 3 rings (SSSR count). The van der Waals surface area contributed by atoms with Crippen LogP contribution in [0.1, 0.15) is 0 Å². The van der Waals surface area contributed by atoms with Crippen LogP contribution in [0.3, 0.4) is 0 Å². The molecule has 21 heavy (non-hydrogen) atoms. The number of hydrogen-bond donors (Lipinski definition) is 0. The van der Waals surface area contributed by atoms with Crippen molar-refractivity contribution in [3.05, 3.63) is 54.6 Å². The first-order valence-electron chi connectivity index (χ1n) is 5.65. The zero-order chi connectivity index (χ0) is 15.8. The van der Waals surface area contributed by atoms with Crippen molar-refractivity contribution >= 4 is 41.6 Å². The summed E-state index contributed by atoms with van der Waals surface area (Å²) >= 11 is 0.488. The molecule has 0 aliphatic rings. The third-order valence-corrected chi connectivity index (χ3v) is 4.85. The monoisotopic (exact) mass is 390 g/mol. The summed E-state index contributed by atoms with van der Waals surface area (Å²) in [7, 11) is -10.7. The molecule has 0 amide bonds. The molecule has 1 heterocycles. The molecule has 0 saturated heterocycles. The molecule has 8 heteroatoms. The van der Waals surface area contributed by atoms with E-state index in [9.17, 15) is 25.2 Å². The van der Waals surface area contributed by atoms with Crippen LogP contribution in [-0.2, 0) is 0 Å². The average Bonchev–Trinajstić information content (AvgIpc) is 2.32. The SMILES string of the molecule is F[P-](F)(F)(F)(F)F.c1ccc2[se+]c3ccccc3cc2c1. The molecule has 3 aromatic rings. The van der Waals surface area contributed by atoms with Gasteiger partial charge in [0.15, 0.2) is 0 Å². The number of fused-ring (bicyclic) bond motifs is 2. The van der Waals surface area contributed by atoms with E-state index in [1.165, 1.54) is 19.3 Å². The first-order valence-corrected chi connectivity index (χ1v) is 9.40. The standard InChI is InChI=1S/C13H9Se.F6P/c1-3-7-12-10(5-1)9-11-6-2-4-8-13(11)14-12;1-7(2,3,4,5)6/h1-9H;/q+1;-1. The molecular weight excluding hydrogens is 380 g/mol. The van der Waals surface area contributed by atoms with E-state index < -0.39 is 7.81 Å². The Balaban J connectivity index is 0.000000199. The maximum atomic E-state index is 9.87. The summed E-state index contributed by atoms with van der Waals surface area (Å²) < 4.78 is 62.2. The van der Waals surface area contributed by atoms with Gasteiger partial charge in [-0.3, -0.25) is 0 Å². The second-order valence-electron chi connectivity index (χ2n) is 4.28. The Hall–Kier alpha value is -1.16. The number of halogens is 6. The molecule has 0 radical (unpaired) electrons. The van der Waals surface area contributed by atoms with E-state index in [0.29, 0.717) is 14.5 Å². The Labute approximate surface area is 122 Å². The van der Waals surface area contributed by atoms with Crippen LogP contribution in [0.2, 0.25) is 0 Å². The molecule has 0 saturated carbocycles. The summed E-state index contributed by atoms with van der Waals surface area (Å²) in [4.78, 5) is 0. The van der Waals surface area contributed by atoms with Crippen molar-refractivity contribution in [2.75, 3.05) is 0 Å². The molecule has 0 bridgehead atoms. The van der Waals surface area contributed by atoms with Crippen LogP contribution in [0.4, 0.5) is 25.2 Å². The van der Waals surface area contributed by atoms with Gasteiger partial charge in [-0.2, -0.15) is 0 Å². The van der Waals surface area contributed by atoms with Crippen LogP contribution < -0.4 is 0 Å². The van der Waals surface area contributed by atoms with E-state index in [4.69, 9.17) is 0 Å². The quantitative estimate of drug-likeness (QED) is 0.173. The van der Waals surface area contributed by atoms with Gasteiger partial charge in [0.05, 0.1) is 0 Å². The van der Waals surface area contributed by atoms with Crippen LogP contribution in [0.5, 0.6) is 0 Å². The third kappa shape index (κ3) is 6.42. The second kappa shape index (κ2) is 4.67. The summed E-state index contributed by atoms with van der Waals surface area (Å²) in [6, 6.07) is 19.6. The van der Waals surface area contributed by atoms with Crippen LogP contribution in [0.25, 0.3) is 19.3 Å². The molecule has 0 aliphatic heterocycles. The first kappa shape index (κ1) is 16.2. The Morgan fingerprint density at radius 3 is 1.33 bits per heavy atom. The van der Waals surface area contributed by atoms with Crippen molar-refractivity contribution < 1.29 is 25.2 Å². The van der Waals surface area contributed by atoms with Gasteiger partial charge in [-0.25, -0.2) is 0 Å². The predicted molar refractivity (Wildman–Crippen MR) is 76.4 cm³/mol. The van der Waals surface area contributed by atoms with Gasteiger partial charge >= 0.3 is 121 Å². The molecule has 0 nitrogen and oxygen atoms in total. The molecule has 0 aliphatic carbocycles. The van der Waals surface area contributed by atoms with E-state index in [1.807, 2.05) is 0 Å². The minimum absolute atomic E-state index is 0.488. The fraction of sp³-hybridized carbons (Fsp3) is 0. The molecule has 2 aromatic carbocycles. The van der Waals surface area contributed by atoms with Gasteiger partial charge in [0.25, 0.3) is 0 Å². The maximum absolute atomic E-state index is 10.7. The van der Waals surface area contributed by atoms with Gasteiger partial charge in [-0.05, 0) is 0 Å². The van der Waals surface area contributed by atoms with Crippen molar-refractivity contribution in [1.29, 1.82) is 0 Å². The summed E-state index contributed by atoms with van der Waals surface area (Å²) in [6.07, 6.45) is 0. The summed E-state index contributed by atoms with van der Waals surface area (Å²) in [5, 5.41) is 2.79. The first-order chi connectivity index (χ1) is 9.38. The number of rotatable bonds is 0. The van der Waals surface area contributed by atoms with Crippen LogP contribution in [-0.4, -0.2) is 14.5 Å². The average molecular weight is 389 g/mol. The number of hydrogen-bond acceptors (Lipinski definition) is 0. The van der Waals surface area contributed by atoms with E-state index in [2.05, 4.69) is 54.6 Å². The van der Waals surface area contributed by atoms with Gasteiger partial charge in [0.1, 0.15) is 0 Å². The van der Waals surface area contributed by atoms with Crippen molar-refractivity contribution in [2.45, 2.75) is 0 Å². The Morgan fingerprint density at radius 2 is 0.952 bits per heavy atom. The van der Waals surface area contributed by atoms with Crippen molar-refractivity contribution in [3.63, 3.8) is 0 Å². The summed E-state index contributed by atoms with van der Waals surface area (Å²) in [6.45, 7) is 0. The fourth-order valence-electron chi connectivity index (χ4n) is 1.67. The van der Waals surface area contributed by atoms with Crippen molar-refractivity contribution in [3.8, 4) is 0 Å². The van der Waals surface area contributed by atoms with Crippen LogP contribution >= 0.6 is 7.81 Å². The Bertz CT molecular complexity index is 681. The van der Waals surface area contributed by atoms with Gasteiger partial charge in [0, 0.05) is 0 Å². The van der Waals surface area contributed by atoms with E-state index in [1.54, 1.807) is 0 Å². The van der Waals surface area contributed by atoms with Gasteiger partial charge in [-0.15, -0.1) is 0 Å². The Morgan fingerprint density at radius 1 is 0.619 bits per heavy atom. The van der Waals surface area contributed by atoms with Crippen molar-refractivity contribution in [1.82, 2.24) is 0 Å². The molecule has 0 N–H and O–H groups in total. The third-order valence-electron chi connectivity index (χ3n) is 2.37. The van der Waals surface area contributed by atoms with E-state index in [0.717, 1.165) is 0 Å². The Kier molecular flexibility index (Phi) is 3.60. The molecule has 0 spiro atoms. The second-order valence-corrected chi connectivity index (χ2v) is 8.47. The molecule has 1 aromatic heterocycles. The molecule has 0 fully saturated rings. The zero-order valence-electron chi connectivity index (χ0n) is 10.3. The fourth-order valence-corrected chi connectivity index (χ4v) is 3.81. The number of benzene rings is 2. The normalized spacial score (nSPS) is 15.0. The van der Waals surface area contributed by atoms with Crippen molar-refractivity contribution in [2.24, 2.45) is 0 Å². The molecule has 0 unspecified atom stereocenters. The molecule has 0 atom stereocenters.